The summed E-state index contributed by atoms with van der Waals surface area (Å²) in [5.41, 5.74) is 7.23. The molecule has 0 heterocycles. The van der Waals surface area contributed by atoms with E-state index in [1.165, 1.54) is 32.1 Å². The molecule has 1 aliphatic rings. The van der Waals surface area contributed by atoms with Gasteiger partial charge in [0.1, 0.15) is 5.75 Å². The Morgan fingerprint density at radius 3 is 2.83 bits per heavy atom. The van der Waals surface area contributed by atoms with E-state index in [0.29, 0.717) is 5.56 Å². The van der Waals surface area contributed by atoms with E-state index in [1.807, 2.05) is 19.1 Å². The van der Waals surface area contributed by atoms with Gasteiger partial charge in [-0.3, -0.25) is 10.2 Å². The maximum atomic E-state index is 12.2. The fraction of sp³-hybridized carbons (Fsp3) is 0.526. The van der Waals surface area contributed by atoms with E-state index in [2.05, 4.69) is 23.0 Å². The molecule has 1 fully saturated rings. The topological polar surface area (TPSA) is 50.4 Å². The number of allylic oxidation sites excluding steroid dienone is 1. The zero-order valence-corrected chi connectivity index (χ0v) is 14.2. The van der Waals surface area contributed by atoms with E-state index in [-0.39, 0.29) is 5.91 Å². The Kier molecular flexibility index (Phi) is 7.14. The zero-order chi connectivity index (χ0) is 16.5. The van der Waals surface area contributed by atoms with Gasteiger partial charge in [-0.2, -0.15) is 0 Å². The van der Waals surface area contributed by atoms with Crippen LogP contribution < -0.4 is 15.6 Å². The summed E-state index contributed by atoms with van der Waals surface area (Å²) in [6, 6.07) is 5.49. The van der Waals surface area contributed by atoms with Crippen LogP contribution in [0.25, 0.3) is 0 Å². The number of ether oxygens (including phenoxy) is 1. The average Bonchev–Trinajstić information content (AvgIpc) is 2.59. The molecule has 2 N–H and O–H groups in total. The Balaban J connectivity index is 1.69. The quantitative estimate of drug-likeness (QED) is 0.457. The number of methoxy groups -OCH3 is 1. The van der Waals surface area contributed by atoms with Gasteiger partial charge in [0.05, 0.1) is 7.11 Å². The van der Waals surface area contributed by atoms with Gasteiger partial charge in [0, 0.05) is 17.7 Å². The van der Waals surface area contributed by atoms with Crippen LogP contribution in [-0.4, -0.2) is 19.6 Å². The predicted octanol–water partition coefficient (Wildman–Crippen LogP) is 3.76. The molecule has 1 aliphatic carbocycles. The molecule has 1 aromatic carbocycles. The highest BCUT2D eigenvalue weighted by molar-refractivity contribution is 5.95. The molecule has 0 spiro atoms. The summed E-state index contributed by atoms with van der Waals surface area (Å²) in [4.78, 5) is 12.2. The highest BCUT2D eigenvalue weighted by Gasteiger charge is 2.11. The van der Waals surface area contributed by atoms with E-state index in [9.17, 15) is 4.79 Å². The van der Waals surface area contributed by atoms with Gasteiger partial charge in [-0.1, -0.05) is 37.5 Å². The Morgan fingerprint density at radius 2 is 2.09 bits per heavy atom. The average molecular weight is 316 g/mol. The maximum absolute atomic E-state index is 12.2. The van der Waals surface area contributed by atoms with Gasteiger partial charge in [-0.05, 0) is 44.2 Å². The predicted molar refractivity (Wildman–Crippen MR) is 93.5 cm³/mol. The number of carbonyl (C=O) groups excluding carboxylic acids is 1. The zero-order valence-electron chi connectivity index (χ0n) is 14.2. The summed E-state index contributed by atoms with van der Waals surface area (Å²) in [6.45, 7) is 2.62. The van der Waals surface area contributed by atoms with Crippen LogP contribution in [0, 0.1) is 12.8 Å². The molecule has 0 atom stereocenters. The second-order valence-electron chi connectivity index (χ2n) is 6.13. The molecule has 0 unspecified atom stereocenters. The number of amides is 1. The van der Waals surface area contributed by atoms with Crippen molar-refractivity contribution in [2.75, 3.05) is 13.7 Å². The van der Waals surface area contributed by atoms with Gasteiger partial charge in [0.2, 0.25) is 0 Å². The number of carbonyl (C=O) groups is 1. The third-order valence-corrected chi connectivity index (χ3v) is 4.44. The molecular weight excluding hydrogens is 288 g/mol. The molecule has 126 valence electrons. The standard InChI is InChI=1S/C19H28N2O2/c1-15-17(12-8-13-18(15)23-2)19(22)21-20-14-7-6-11-16-9-4-3-5-10-16/h6,8,11-13,16,20H,3-5,7,9-10,14H2,1-2H3,(H,21,22). The largest absolute Gasteiger partial charge is 0.496 e. The molecule has 4 heteroatoms. The lowest BCUT2D eigenvalue weighted by molar-refractivity contribution is 0.0932. The number of nitrogens with one attached hydrogen (secondary N) is 2. The van der Waals surface area contributed by atoms with Crippen molar-refractivity contribution < 1.29 is 9.53 Å². The fourth-order valence-corrected chi connectivity index (χ4v) is 3.06. The smallest absolute Gasteiger partial charge is 0.265 e. The van der Waals surface area contributed by atoms with Crippen LogP contribution in [0.5, 0.6) is 5.75 Å². The molecule has 23 heavy (non-hydrogen) atoms. The van der Waals surface area contributed by atoms with E-state index < -0.39 is 0 Å². The number of hydrogen-bond donors (Lipinski definition) is 2. The van der Waals surface area contributed by atoms with Crippen LogP contribution in [-0.2, 0) is 0 Å². The molecule has 0 aliphatic heterocycles. The molecule has 0 radical (unpaired) electrons. The minimum atomic E-state index is -0.127. The van der Waals surface area contributed by atoms with Crippen molar-refractivity contribution in [1.29, 1.82) is 0 Å². The van der Waals surface area contributed by atoms with Crippen LogP contribution in [0.4, 0.5) is 0 Å². The van der Waals surface area contributed by atoms with E-state index >= 15 is 0 Å². The van der Waals surface area contributed by atoms with Gasteiger partial charge in [-0.25, -0.2) is 5.43 Å². The van der Waals surface area contributed by atoms with Crippen molar-refractivity contribution in [2.45, 2.75) is 45.4 Å². The molecular formula is C19H28N2O2. The minimum absolute atomic E-state index is 0.127. The monoisotopic (exact) mass is 316 g/mol. The molecule has 1 saturated carbocycles. The van der Waals surface area contributed by atoms with Crippen LogP contribution in [0.1, 0.15) is 54.4 Å². The van der Waals surface area contributed by atoms with Gasteiger partial charge >= 0.3 is 0 Å². The van der Waals surface area contributed by atoms with Crippen molar-refractivity contribution in [1.82, 2.24) is 10.9 Å². The Bertz CT molecular complexity index is 534. The lowest BCUT2D eigenvalue weighted by atomic mass is 9.89. The number of hydrogen-bond acceptors (Lipinski definition) is 3. The molecule has 1 aromatic rings. The third-order valence-electron chi connectivity index (χ3n) is 4.44. The lowest BCUT2D eigenvalue weighted by Gasteiger charge is -2.17. The van der Waals surface area contributed by atoms with Gasteiger partial charge in [-0.15, -0.1) is 0 Å². The normalized spacial score (nSPS) is 15.7. The number of rotatable bonds is 7. The molecule has 2 rings (SSSR count). The molecule has 1 amide bonds. The van der Waals surface area contributed by atoms with Gasteiger partial charge in [0.25, 0.3) is 5.91 Å². The summed E-state index contributed by atoms with van der Waals surface area (Å²) < 4.78 is 5.24. The van der Waals surface area contributed by atoms with Crippen LogP contribution >= 0.6 is 0 Å². The second kappa shape index (κ2) is 9.36. The van der Waals surface area contributed by atoms with Crippen molar-refractivity contribution in [3.63, 3.8) is 0 Å². The highest BCUT2D eigenvalue weighted by atomic mass is 16.5. The van der Waals surface area contributed by atoms with Crippen LogP contribution in [0.3, 0.4) is 0 Å². The Hall–Kier alpha value is -1.81. The Morgan fingerprint density at radius 1 is 1.30 bits per heavy atom. The van der Waals surface area contributed by atoms with E-state index in [4.69, 9.17) is 4.74 Å². The minimum Gasteiger partial charge on any atom is -0.496 e. The van der Waals surface area contributed by atoms with Crippen molar-refractivity contribution in [3.05, 3.63) is 41.5 Å². The summed E-state index contributed by atoms with van der Waals surface area (Å²) >= 11 is 0. The fourth-order valence-electron chi connectivity index (χ4n) is 3.06. The second-order valence-corrected chi connectivity index (χ2v) is 6.13. The first-order chi connectivity index (χ1) is 11.2. The first-order valence-electron chi connectivity index (χ1n) is 8.56. The van der Waals surface area contributed by atoms with E-state index in [0.717, 1.165) is 30.2 Å². The molecule has 0 saturated heterocycles. The van der Waals surface area contributed by atoms with Crippen LogP contribution in [0.15, 0.2) is 30.4 Å². The van der Waals surface area contributed by atoms with Gasteiger partial charge < -0.3 is 4.74 Å². The van der Waals surface area contributed by atoms with Crippen molar-refractivity contribution in [3.8, 4) is 5.75 Å². The van der Waals surface area contributed by atoms with Crippen LogP contribution in [0.2, 0.25) is 0 Å². The summed E-state index contributed by atoms with van der Waals surface area (Å²) in [7, 11) is 1.61. The summed E-state index contributed by atoms with van der Waals surface area (Å²) in [5, 5.41) is 0. The summed E-state index contributed by atoms with van der Waals surface area (Å²) in [6.07, 6.45) is 12.3. The SMILES string of the molecule is COc1cccc(C(=O)NNCCC=CC2CCCCC2)c1C. The third kappa shape index (κ3) is 5.39. The van der Waals surface area contributed by atoms with Crippen molar-refractivity contribution >= 4 is 5.91 Å². The maximum Gasteiger partial charge on any atom is 0.265 e. The first-order valence-corrected chi connectivity index (χ1v) is 8.56. The van der Waals surface area contributed by atoms with Gasteiger partial charge in [0.15, 0.2) is 0 Å². The molecule has 0 bridgehead atoms. The molecule has 4 nitrogen and oxygen atoms in total. The highest BCUT2D eigenvalue weighted by Crippen LogP contribution is 2.24. The number of benzene rings is 1. The first kappa shape index (κ1) is 17.5. The lowest BCUT2D eigenvalue weighted by Crippen LogP contribution is -2.38. The van der Waals surface area contributed by atoms with Crippen molar-refractivity contribution in [2.24, 2.45) is 5.92 Å². The van der Waals surface area contributed by atoms with E-state index in [1.54, 1.807) is 13.2 Å². The molecule has 0 aromatic heterocycles. The Labute approximate surface area is 139 Å². The summed E-state index contributed by atoms with van der Waals surface area (Å²) in [5.74, 6) is 1.36. The number of hydrazine groups is 1.